The van der Waals surface area contributed by atoms with Crippen LogP contribution in [0.1, 0.15) is 5.56 Å². The summed E-state index contributed by atoms with van der Waals surface area (Å²) in [6.07, 6.45) is -0.728. The molecule has 1 atom stereocenters. The number of nitrogens with one attached hydrogen (secondary N) is 1. The number of nitrogens with zero attached hydrogens (tertiary/aromatic N) is 1. The van der Waals surface area contributed by atoms with E-state index in [0.29, 0.717) is 13.2 Å². The van der Waals surface area contributed by atoms with Gasteiger partial charge in [-0.15, -0.1) is 0 Å². The van der Waals surface area contributed by atoms with E-state index in [-0.39, 0.29) is 17.9 Å². The molecule has 0 aliphatic carbocycles. The molecule has 1 N–H and O–H groups in total. The highest BCUT2D eigenvalue weighted by atomic mass is 19.1. The number of nitriles is 1. The normalized spacial score (nSPS) is 19.0. The van der Waals surface area contributed by atoms with E-state index >= 15 is 0 Å². The second kappa shape index (κ2) is 5.58. The molecule has 0 radical (unpaired) electrons. The van der Waals surface area contributed by atoms with Crippen molar-refractivity contribution in [2.45, 2.75) is 6.10 Å². The maximum atomic E-state index is 13.5. The van der Waals surface area contributed by atoms with E-state index in [1.807, 2.05) is 6.07 Å². The van der Waals surface area contributed by atoms with Gasteiger partial charge in [0.2, 0.25) is 0 Å². The van der Waals surface area contributed by atoms with E-state index in [1.54, 1.807) is 0 Å². The molecular weight excluding hydrogens is 239 g/mol. The van der Waals surface area contributed by atoms with E-state index in [9.17, 15) is 9.18 Å². The Kier molecular flexibility index (Phi) is 3.87. The van der Waals surface area contributed by atoms with Gasteiger partial charge in [0.15, 0.2) is 6.10 Å². The average molecular weight is 250 g/mol. The largest absolute Gasteiger partial charge is 0.376 e. The van der Waals surface area contributed by atoms with Crippen molar-refractivity contribution in [1.82, 2.24) is 0 Å². The van der Waals surface area contributed by atoms with Crippen molar-refractivity contribution >= 4 is 11.6 Å². The molecule has 1 fully saturated rings. The number of carbonyl (C=O) groups excluding carboxylic acids is 1. The number of ether oxygens (including phenoxy) is 2. The van der Waals surface area contributed by atoms with Crippen molar-refractivity contribution in [1.29, 1.82) is 5.26 Å². The SMILES string of the molecule is N#Cc1ccc(NC(=O)C2COCCO2)c(F)c1. The molecule has 1 aromatic rings. The molecule has 2 rings (SSSR count). The summed E-state index contributed by atoms with van der Waals surface area (Å²) >= 11 is 0. The van der Waals surface area contributed by atoms with Gasteiger partial charge in [-0.3, -0.25) is 4.79 Å². The number of rotatable bonds is 2. The lowest BCUT2D eigenvalue weighted by molar-refractivity contribution is -0.142. The lowest BCUT2D eigenvalue weighted by atomic mass is 10.2. The van der Waals surface area contributed by atoms with Crippen LogP contribution in [0.3, 0.4) is 0 Å². The summed E-state index contributed by atoms with van der Waals surface area (Å²) in [6, 6.07) is 5.65. The first kappa shape index (κ1) is 12.5. The van der Waals surface area contributed by atoms with E-state index in [4.69, 9.17) is 14.7 Å². The Hall–Kier alpha value is -1.97. The molecule has 0 spiro atoms. The Morgan fingerprint density at radius 1 is 1.50 bits per heavy atom. The smallest absolute Gasteiger partial charge is 0.255 e. The van der Waals surface area contributed by atoms with E-state index < -0.39 is 17.8 Å². The van der Waals surface area contributed by atoms with E-state index in [0.717, 1.165) is 6.07 Å². The number of hydrogen-bond acceptors (Lipinski definition) is 4. The molecule has 6 heteroatoms. The van der Waals surface area contributed by atoms with Gasteiger partial charge < -0.3 is 14.8 Å². The maximum Gasteiger partial charge on any atom is 0.255 e. The van der Waals surface area contributed by atoms with Crippen molar-refractivity contribution in [2.24, 2.45) is 0 Å². The molecule has 1 aromatic carbocycles. The van der Waals surface area contributed by atoms with Gasteiger partial charge in [-0.25, -0.2) is 4.39 Å². The minimum absolute atomic E-state index is 0.0215. The van der Waals surface area contributed by atoms with Crippen LogP contribution in [-0.4, -0.2) is 31.8 Å². The lowest BCUT2D eigenvalue weighted by Crippen LogP contribution is -2.39. The molecule has 0 bridgehead atoms. The molecule has 0 aromatic heterocycles. The van der Waals surface area contributed by atoms with Gasteiger partial charge in [-0.2, -0.15) is 5.26 Å². The van der Waals surface area contributed by atoms with Gasteiger partial charge in [-0.05, 0) is 18.2 Å². The first-order valence-electron chi connectivity index (χ1n) is 5.40. The monoisotopic (exact) mass is 250 g/mol. The predicted molar refractivity (Wildman–Crippen MR) is 60.3 cm³/mol. The number of carbonyl (C=O) groups is 1. The highest BCUT2D eigenvalue weighted by molar-refractivity contribution is 5.94. The van der Waals surface area contributed by atoms with Crippen molar-refractivity contribution in [3.05, 3.63) is 29.6 Å². The third kappa shape index (κ3) is 2.83. The third-order valence-electron chi connectivity index (χ3n) is 2.46. The van der Waals surface area contributed by atoms with Crippen LogP contribution in [0.15, 0.2) is 18.2 Å². The van der Waals surface area contributed by atoms with Crippen molar-refractivity contribution in [3.8, 4) is 6.07 Å². The zero-order valence-corrected chi connectivity index (χ0v) is 9.48. The number of anilines is 1. The van der Waals surface area contributed by atoms with Gasteiger partial charge >= 0.3 is 0 Å². The molecule has 1 amide bonds. The van der Waals surface area contributed by atoms with Crippen LogP contribution in [0.4, 0.5) is 10.1 Å². The summed E-state index contributed by atoms with van der Waals surface area (Å²) in [6.45, 7) is 0.951. The highest BCUT2D eigenvalue weighted by Gasteiger charge is 2.23. The Labute approximate surface area is 103 Å². The van der Waals surface area contributed by atoms with Crippen LogP contribution in [-0.2, 0) is 14.3 Å². The lowest BCUT2D eigenvalue weighted by Gasteiger charge is -2.22. The van der Waals surface area contributed by atoms with E-state index in [2.05, 4.69) is 5.32 Å². The molecule has 1 aliphatic heterocycles. The summed E-state index contributed by atoms with van der Waals surface area (Å²) in [5.41, 5.74) is 0.218. The minimum Gasteiger partial charge on any atom is -0.376 e. The van der Waals surface area contributed by atoms with Gasteiger partial charge in [0.1, 0.15) is 5.82 Å². The maximum absolute atomic E-state index is 13.5. The third-order valence-corrected chi connectivity index (χ3v) is 2.46. The van der Waals surface area contributed by atoms with E-state index in [1.165, 1.54) is 12.1 Å². The molecule has 5 nitrogen and oxygen atoms in total. The molecule has 1 saturated heterocycles. The molecule has 1 unspecified atom stereocenters. The Morgan fingerprint density at radius 3 is 2.94 bits per heavy atom. The molecule has 1 heterocycles. The number of benzene rings is 1. The fraction of sp³-hybridized carbons (Fsp3) is 0.333. The summed E-state index contributed by atoms with van der Waals surface area (Å²) in [5, 5.41) is 11.0. The summed E-state index contributed by atoms with van der Waals surface area (Å²) in [7, 11) is 0. The minimum atomic E-state index is -0.728. The quantitative estimate of drug-likeness (QED) is 0.851. The Morgan fingerprint density at radius 2 is 2.33 bits per heavy atom. The Bertz CT molecular complexity index is 493. The van der Waals surface area contributed by atoms with Crippen LogP contribution in [0.5, 0.6) is 0 Å². The second-order valence-corrected chi connectivity index (χ2v) is 3.73. The topological polar surface area (TPSA) is 71.4 Å². The number of amides is 1. The zero-order valence-electron chi connectivity index (χ0n) is 9.48. The first-order chi connectivity index (χ1) is 8.70. The predicted octanol–water partition coefficient (Wildman–Crippen LogP) is 1.05. The van der Waals surface area contributed by atoms with Gasteiger partial charge in [0, 0.05) is 0 Å². The fourth-order valence-electron chi connectivity index (χ4n) is 1.54. The van der Waals surface area contributed by atoms with Crippen LogP contribution >= 0.6 is 0 Å². The molecule has 1 aliphatic rings. The number of halogens is 1. The van der Waals surface area contributed by atoms with Crippen LogP contribution in [0.2, 0.25) is 0 Å². The summed E-state index contributed by atoms with van der Waals surface area (Å²) < 4.78 is 23.8. The number of hydrogen-bond donors (Lipinski definition) is 1. The van der Waals surface area contributed by atoms with Gasteiger partial charge in [0.25, 0.3) is 5.91 Å². The van der Waals surface area contributed by atoms with Gasteiger partial charge in [-0.1, -0.05) is 0 Å². The van der Waals surface area contributed by atoms with Gasteiger partial charge in [0.05, 0.1) is 37.1 Å². The first-order valence-corrected chi connectivity index (χ1v) is 5.40. The van der Waals surface area contributed by atoms with Crippen LogP contribution in [0.25, 0.3) is 0 Å². The standard InChI is InChI=1S/C12H11FN2O3/c13-9-5-8(6-14)1-2-10(9)15-12(16)11-7-17-3-4-18-11/h1-2,5,11H,3-4,7H2,(H,15,16). The second-order valence-electron chi connectivity index (χ2n) is 3.73. The summed E-state index contributed by atoms with van der Waals surface area (Å²) in [4.78, 5) is 11.7. The Balaban J connectivity index is 2.04. The van der Waals surface area contributed by atoms with Crippen LogP contribution in [0, 0.1) is 17.1 Å². The molecule has 0 saturated carbocycles. The van der Waals surface area contributed by atoms with Crippen molar-refractivity contribution < 1.29 is 18.7 Å². The average Bonchev–Trinajstić information content (AvgIpc) is 2.42. The molecule has 94 valence electrons. The summed E-state index contributed by atoms with van der Waals surface area (Å²) in [5.74, 6) is -1.11. The zero-order chi connectivity index (χ0) is 13.0. The van der Waals surface area contributed by atoms with Crippen molar-refractivity contribution in [2.75, 3.05) is 25.1 Å². The highest BCUT2D eigenvalue weighted by Crippen LogP contribution is 2.16. The van der Waals surface area contributed by atoms with Crippen molar-refractivity contribution in [3.63, 3.8) is 0 Å². The van der Waals surface area contributed by atoms with Crippen LogP contribution < -0.4 is 5.32 Å². The fourth-order valence-corrected chi connectivity index (χ4v) is 1.54. The molecule has 18 heavy (non-hydrogen) atoms. The molecular formula is C12H11FN2O3.